The van der Waals surface area contributed by atoms with Gasteiger partial charge in [-0.1, -0.05) is 6.07 Å². The van der Waals surface area contributed by atoms with Gasteiger partial charge in [-0.15, -0.1) is 0 Å². The third-order valence-corrected chi connectivity index (χ3v) is 2.46. The molecule has 8 heteroatoms. The lowest BCUT2D eigenvalue weighted by Gasteiger charge is -2.24. The minimum Gasteiger partial charge on any atom is -0.465 e. The van der Waals surface area contributed by atoms with E-state index in [9.17, 15) is 18.4 Å². The predicted molar refractivity (Wildman–Crippen MR) is 70.9 cm³/mol. The summed E-state index contributed by atoms with van der Waals surface area (Å²) in [5.74, 6) is -2.77. The van der Waals surface area contributed by atoms with Crippen molar-refractivity contribution >= 4 is 12.2 Å². The lowest BCUT2D eigenvalue weighted by molar-refractivity contribution is 0.0253. The van der Waals surface area contributed by atoms with E-state index in [2.05, 4.69) is 0 Å². The van der Waals surface area contributed by atoms with Crippen molar-refractivity contribution in [3.63, 3.8) is 0 Å². The number of amides is 2. The quantitative estimate of drug-likeness (QED) is 0.905. The summed E-state index contributed by atoms with van der Waals surface area (Å²) in [4.78, 5) is 23.1. The van der Waals surface area contributed by atoms with Crippen LogP contribution >= 0.6 is 0 Å². The van der Waals surface area contributed by atoms with Gasteiger partial charge in [-0.05, 0) is 26.8 Å². The van der Waals surface area contributed by atoms with Crippen molar-refractivity contribution in [2.24, 2.45) is 0 Å². The Kier molecular flexibility index (Phi) is 5.04. The van der Waals surface area contributed by atoms with E-state index in [-0.39, 0.29) is 10.5 Å². The SMILES string of the molecule is CC(C)(C)OC(=O)N(Cc1ccc(C#N)c(F)c1F)C(=O)O. The lowest BCUT2D eigenvalue weighted by Crippen LogP contribution is -2.39. The van der Waals surface area contributed by atoms with Crippen molar-refractivity contribution in [1.82, 2.24) is 4.90 Å². The Labute approximate surface area is 125 Å². The Balaban J connectivity index is 3.08. The molecule has 0 heterocycles. The molecule has 0 bridgehead atoms. The van der Waals surface area contributed by atoms with Crippen LogP contribution in [0.25, 0.3) is 0 Å². The molecule has 2 amide bonds. The van der Waals surface area contributed by atoms with E-state index < -0.39 is 41.5 Å². The average molecular weight is 312 g/mol. The summed E-state index contributed by atoms with van der Waals surface area (Å²) >= 11 is 0. The van der Waals surface area contributed by atoms with Crippen LogP contribution in [0.1, 0.15) is 31.9 Å². The molecular formula is C14H14F2N2O4. The van der Waals surface area contributed by atoms with Crippen LogP contribution in [0.4, 0.5) is 18.4 Å². The van der Waals surface area contributed by atoms with Crippen LogP contribution in [-0.4, -0.2) is 27.8 Å². The van der Waals surface area contributed by atoms with Gasteiger partial charge in [-0.2, -0.15) is 5.26 Å². The first-order valence-electron chi connectivity index (χ1n) is 6.17. The summed E-state index contributed by atoms with van der Waals surface area (Å²) in [5, 5.41) is 17.6. The van der Waals surface area contributed by atoms with Gasteiger partial charge in [0, 0.05) is 5.56 Å². The number of halogens is 2. The summed E-state index contributed by atoms with van der Waals surface area (Å²) in [5.41, 5.74) is -1.84. The molecule has 1 aromatic rings. The van der Waals surface area contributed by atoms with Gasteiger partial charge in [0.2, 0.25) is 0 Å². The molecule has 6 nitrogen and oxygen atoms in total. The average Bonchev–Trinajstić information content (AvgIpc) is 2.38. The number of imide groups is 1. The van der Waals surface area contributed by atoms with Gasteiger partial charge >= 0.3 is 12.2 Å². The summed E-state index contributed by atoms with van der Waals surface area (Å²) in [7, 11) is 0. The van der Waals surface area contributed by atoms with Crippen molar-refractivity contribution in [2.75, 3.05) is 0 Å². The van der Waals surface area contributed by atoms with Crippen molar-refractivity contribution in [2.45, 2.75) is 32.9 Å². The molecule has 0 atom stereocenters. The number of hydrogen-bond donors (Lipinski definition) is 1. The van der Waals surface area contributed by atoms with Crippen LogP contribution in [0, 0.1) is 23.0 Å². The fourth-order valence-electron chi connectivity index (χ4n) is 1.50. The highest BCUT2D eigenvalue weighted by Gasteiger charge is 2.28. The zero-order valence-corrected chi connectivity index (χ0v) is 12.2. The molecule has 0 aliphatic carbocycles. The molecule has 0 fully saturated rings. The standard InChI is InChI=1S/C14H14F2N2O4/c1-14(2,3)22-13(21)18(12(19)20)7-9-5-4-8(6-17)10(15)11(9)16/h4-5H,7H2,1-3H3,(H,19,20). The van der Waals surface area contributed by atoms with E-state index >= 15 is 0 Å². The molecule has 1 aromatic carbocycles. The van der Waals surface area contributed by atoms with E-state index in [0.717, 1.165) is 12.1 Å². The molecular weight excluding hydrogens is 298 g/mol. The van der Waals surface area contributed by atoms with E-state index in [1.54, 1.807) is 0 Å². The second-order valence-electron chi connectivity index (χ2n) is 5.36. The maximum atomic E-state index is 13.8. The van der Waals surface area contributed by atoms with E-state index in [4.69, 9.17) is 15.1 Å². The maximum absolute atomic E-state index is 13.8. The lowest BCUT2D eigenvalue weighted by atomic mass is 10.1. The fraction of sp³-hybridized carbons (Fsp3) is 0.357. The Morgan fingerprint density at radius 2 is 1.91 bits per heavy atom. The summed E-state index contributed by atoms with van der Waals surface area (Å²) in [6.07, 6.45) is -2.87. The smallest absolute Gasteiger partial charge is 0.420 e. The van der Waals surface area contributed by atoms with Crippen LogP contribution in [0.15, 0.2) is 12.1 Å². The number of benzene rings is 1. The minimum absolute atomic E-state index is 0.217. The number of nitriles is 1. The van der Waals surface area contributed by atoms with Gasteiger partial charge in [0.05, 0.1) is 12.1 Å². The summed E-state index contributed by atoms with van der Waals surface area (Å²) in [6, 6.07) is 3.50. The minimum atomic E-state index is -1.67. The zero-order chi connectivity index (χ0) is 17.1. The second kappa shape index (κ2) is 6.39. The monoisotopic (exact) mass is 312 g/mol. The molecule has 0 aliphatic heterocycles. The molecule has 0 aliphatic rings. The fourth-order valence-corrected chi connectivity index (χ4v) is 1.50. The van der Waals surface area contributed by atoms with Crippen LogP contribution in [0.2, 0.25) is 0 Å². The van der Waals surface area contributed by atoms with Gasteiger partial charge in [0.25, 0.3) is 0 Å². The Hall–Kier alpha value is -2.69. The molecule has 1 N–H and O–H groups in total. The number of carboxylic acid groups (broad SMARTS) is 1. The molecule has 0 aromatic heterocycles. The number of nitrogens with zero attached hydrogens (tertiary/aromatic N) is 2. The molecule has 0 radical (unpaired) electrons. The number of carbonyl (C=O) groups excluding carboxylic acids is 1. The molecule has 0 saturated carbocycles. The molecule has 1 rings (SSSR count). The van der Waals surface area contributed by atoms with Gasteiger partial charge < -0.3 is 9.84 Å². The first-order chi connectivity index (χ1) is 10.1. The van der Waals surface area contributed by atoms with Gasteiger partial charge in [0.1, 0.15) is 11.7 Å². The Morgan fingerprint density at radius 3 is 2.36 bits per heavy atom. The topological polar surface area (TPSA) is 90.6 Å². The van der Waals surface area contributed by atoms with Crippen LogP contribution in [0.5, 0.6) is 0 Å². The number of rotatable bonds is 2. The van der Waals surface area contributed by atoms with Gasteiger partial charge in [-0.3, -0.25) is 0 Å². The van der Waals surface area contributed by atoms with Gasteiger partial charge in [-0.25, -0.2) is 23.3 Å². The highest BCUT2D eigenvalue weighted by Crippen LogP contribution is 2.19. The first-order valence-corrected chi connectivity index (χ1v) is 6.17. The molecule has 0 saturated heterocycles. The first kappa shape index (κ1) is 17.4. The van der Waals surface area contributed by atoms with E-state index in [0.29, 0.717) is 0 Å². The number of hydrogen-bond acceptors (Lipinski definition) is 4. The third-order valence-electron chi connectivity index (χ3n) is 2.46. The van der Waals surface area contributed by atoms with Crippen molar-refractivity contribution in [3.05, 3.63) is 34.9 Å². The summed E-state index contributed by atoms with van der Waals surface area (Å²) < 4.78 is 32.2. The van der Waals surface area contributed by atoms with Crippen LogP contribution in [-0.2, 0) is 11.3 Å². The van der Waals surface area contributed by atoms with Crippen molar-refractivity contribution in [3.8, 4) is 6.07 Å². The molecule has 0 spiro atoms. The summed E-state index contributed by atoms with van der Waals surface area (Å²) in [6.45, 7) is 3.87. The number of ether oxygens (including phenoxy) is 1. The Morgan fingerprint density at radius 1 is 1.32 bits per heavy atom. The highest BCUT2D eigenvalue weighted by molar-refractivity contribution is 5.86. The third kappa shape index (κ3) is 4.15. The Bertz CT molecular complexity index is 647. The predicted octanol–water partition coefficient (Wildman–Crippen LogP) is 3.25. The van der Waals surface area contributed by atoms with Crippen molar-refractivity contribution < 1.29 is 28.2 Å². The molecule has 22 heavy (non-hydrogen) atoms. The van der Waals surface area contributed by atoms with Crippen LogP contribution < -0.4 is 0 Å². The zero-order valence-electron chi connectivity index (χ0n) is 12.2. The molecule has 0 unspecified atom stereocenters. The number of carbonyl (C=O) groups is 2. The van der Waals surface area contributed by atoms with Crippen molar-refractivity contribution in [1.29, 1.82) is 5.26 Å². The van der Waals surface area contributed by atoms with E-state index in [1.807, 2.05) is 0 Å². The highest BCUT2D eigenvalue weighted by atomic mass is 19.2. The normalized spacial score (nSPS) is 10.7. The van der Waals surface area contributed by atoms with Crippen LogP contribution in [0.3, 0.4) is 0 Å². The molecule has 118 valence electrons. The largest absolute Gasteiger partial charge is 0.465 e. The van der Waals surface area contributed by atoms with E-state index in [1.165, 1.54) is 26.8 Å². The second-order valence-corrected chi connectivity index (χ2v) is 5.36. The van der Waals surface area contributed by atoms with Gasteiger partial charge in [0.15, 0.2) is 11.6 Å². The maximum Gasteiger partial charge on any atom is 0.420 e.